The summed E-state index contributed by atoms with van der Waals surface area (Å²) in [5.41, 5.74) is 1.22. The number of methoxy groups -OCH3 is 2. The van der Waals surface area contributed by atoms with Crippen molar-refractivity contribution in [3.05, 3.63) is 29.8 Å². The van der Waals surface area contributed by atoms with E-state index in [0.717, 1.165) is 18.9 Å². The summed E-state index contributed by atoms with van der Waals surface area (Å²) in [6, 6.07) is 8.42. The lowest BCUT2D eigenvalue weighted by Crippen LogP contribution is -2.29. The van der Waals surface area contributed by atoms with E-state index in [2.05, 4.69) is 18.3 Å². The molecule has 0 saturated carbocycles. The molecule has 1 aromatic rings. The summed E-state index contributed by atoms with van der Waals surface area (Å²) in [6.07, 6.45) is 0. The van der Waals surface area contributed by atoms with E-state index in [9.17, 15) is 0 Å². The average molecular weight is 209 g/mol. The van der Waals surface area contributed by atoms with E-state index < -0.39 is 0 Å². The second-order valence-corrected chi connectivity index (χ2v) is 3.59. The van der Waals surface area contributed by atoms with Gasteiger partial charge in [0.1, 0.15) is 5.75 Å². The Morgan fingerprint density at radius 1 is 1.33 bits per heavy atom. The lowest BCUT2D eigenvalue weighted by molar-refractivity contribution is 0.171. The maximum absolute atomic E-state index is 5.16. The van der Waals surface area contributed by atoms with Crippen LogP contribution in [-0.2, 0) is 11.3 Å². The minimum absolute atomic E-state index is 0.362. The topological polar surface area (TPSA) is 30.5 Å². The molecule has 15 heavy (non-hydrogen) atoms. The molecule has 1 rings (SSSR count). The summed E-state index contributed by atoms with van der Waals surface area (Å²) >= 11 is 0. The standard InChI is InChI=1S/C12H19NO2/c1-10(9-14-2)13-8-11-5-4-6-12(7-11)15-3/h4-7,10,13H,8-9H2,1-3H3/t10-/m0/s1. The van der Waals surface area contributed by atoms with Crippen molar-refractivity contribution in [1.29, 1.82) is 0 Å². The lowest BCUT2D eigenvalue weighted by Gasteiger charge is -2.12. The predicted molar refractivity (Wildman–Crippen MR) is 61.2 cm³/mol. The predicted octanol–water partition coefficient (Wildman–Crippen LogP) is 1.82. The fourth-order valence-corrected chi connectivity index (χ4v) is 1.38. The summed E-state index contributed by atoms with van der Waals surface area (Å²) in [5, 5.41) is 3.37. The van der Waals surface area contributed by atoms with Gasteiger partial charge in [0, 0.05) is 19.7 Å². The van der Waals surface area contributed by atoms with Gasteiger partial charge in [-0.1, -0.05) is 12.1 Å². The third-order valence-electron chi connectivity index (χ3n) is 2.21. The van der Waals surface area contributed by atoms with Crippen LogP contribution in [0.1, 0.15) is 12.5 Å². The van der Waals surface area contributed by atoms with E-state index in [1.54, 1.807) is 14.2 Å². The number of rotatable bonds is 6. The zero-order valence-electron chi connectivity index (χ0n) is 9.62. The normalized spacial score (nSPS) is 12.5. The van der Waals surface area contributed by atoms with Crippen molar-refractivity contribution in [2.45, 2.75) is 19.5 Å². The molecule has 0 aliphatic carbocycles. The van der Waals surface area contributed by atoms with Gasteiger partial charge < -0.3 is 14.8 Å². The molecule has 0 bridgehead atoms. The van der Waals surface area contributed by atoms with Crippen LogP contribution < -0.4 is 10.1 Å². The molecule has 84 valence electrons. The van der Waals surface area contributed by atoms with Gasteiger partial charge >= 0.3 is 0 Å². The van der Waals surface area contributed by atoms with Crippen LogP contribution in [0.25, 0.3) is 0 Å². The Bertz CT molecular complexity index is 289. The molecule has 3 nitrogen and oxygen atoms in total. The molecule has 1 atom stereocenters. The quantitative estimate of drug-likeness (QED) is 0.775. The third-order valence-corrected chi connectivity index (χ3v) is 2.21. The van der Waals surface area contributed by atoms with Crippen molar-refractivity contribution in [3.63, 3.8) is 0 Å². The van der Waals surface area contributed by atoms with Gasteiger partial charge in [0.25, 0.3) is 0 Å². The van der Waals surface area contributed by atoms with Gasteiger partial charge in [-0.3, -0.25) is 0 Å². The summed E-state index contributed by atoms with van der Waals surface area (Å²) in [4.78, 5) is 0. The van der Waals surface area contributed by atoms with Crippen molar-refractivity contribution in [1.82, 2.24) is 5.32 Å². The summed E-state index contributed by atoms with van der Waals surface area (Å²) in [6.45, 7) is 3.66. The molecule has 3 heteroatoms. The molecular formula is C12H19NO2. The smallest absolute Gasteiger partial charge is 0.119 e. The SMILES string of the molecule is COC[C@H](C)NCc1cccc(OC)c1. The molecule has 0 radical (unpaired) electrons. The molecule has 0 aromatic heterocycles. The Labute approximate surface area is 91.4 Å². The fourth-order valence-electron chi connectivity index (χ4n) is 1.38. The molecule has 0 aliphatic rings. The van der Waals surface area contributed by atoms with Crippen LogP contribution in [0.15, 0.2) is 24.3 Å². The first-order valence-electron chi connectivity index (χ1n) is 5.11. The molecule has 1 N–H and O–H groups in total. The fraction of sp³-hybridized carbons (Fsp3) is 0.500. The molecule has 0 spiro atoms. The minimum atomic E-state index is 0.362. The Morgan fingerprint density at radius 2 is 2.13 bits per heavy atom. The second kappa shape index (κ2) is 6.43. The first-order valence-corrected chi connectivity index (χ1v) is 5.11. The van der Waals surface area contributed by atoms with Crippen molar-refractivity contribution in [3.8, 4) is 5.75 Å². The van der Waals surface area contributed by atoms with Gasteiger partial charge in [0.2, 0.25) is 0 Å². The summed E-state index contributed by atoms with van der Waals surface area (Å²) in [5.74, 6) is 0.897. The van der Waals surface area contributed by atoms with E-state index in [4.69, 9.17) is 9.47 Å². The van der Waals surface area contributed by atoms with Crippen LogP contribution in [0.4, 0.5) is 0 Å². The highest BCUT2D eigenvalue weighted by molar-refractivity contribution is 5.28. The highest BCUT2D eigenvalue weighted by Gasteiger charge is 2.00. The van der Waals surface area contributed by atoms with E-state index in [1.165, 1.54) is 5.56 Å². The molecule has 0 heterocycles. The number of benzene rings is 1. The number of hydrogen-bond acceptors (Lipinski definition) is 3. The number of nitrogens with one attached hydrogen (secondary N) is 1. The molecular weight excluding hydrogens is 190 g/mol. The second-order valence-electron chi connectivity index (χ2n) is 3.59. The summed E-state index contributed by atoms with van der Waals surface area (Å²) < 4.78 is 10.2. The van der Waals surface area contributed by atoms with E-state index >= 15 is 0 Å². The van der Waals surface area contributed by atoms with Gasteiger partial charge in [-0.25, -0.2) is 0 Å². The van der Waals surface area contributed by atoms with Crippen molar-refractivity contribution >= 4 is 0 Å². The largest absolute Gasteiger partial charge is 0.497 e. The number of ether oxygens (including phenoxy) is 2. The maximum atomic E-state index is 5.16. The average Bonchev–Trinajstić information content (AvgIpc) is 2.27. The Kier molecular flexibility index (Phi) is 5.15. The van der Waals surface area contributed by atoms with Crippen LogP contribution in [0.3, 0.4) is 0 Å². The van der Waals surface area contributed by atoms with Crippen molar-refractivity contribution in [2.75, 3.05) is 20.8 Å². The van der Waals surface area contributed by atoms with Gasteiger partial charge in [-0.2, -0.15) is 0 Å². The Balaban J connectivity index is 2.43. The first-order chi connectivity index (χ1) is 7.26. The van der Waals surface area contributed by atoms with Crippen molar-refractivity contribution in [2.24, 2.45) is 0 Å². The molecule has 0 unspecified atom stereocenters. The summed E-state index contributed by atoms with van der Waals surface area (Å²) in [7, 11) is 3.39. The van der Waals surface area contributed by atoms with E-state index in [-0.39, 0.29) is 0 Å². The molecule has 0 amide bonds. The van der Waals surface area contributed by atoms with Crippen LogP contribution in [0.2, 0.25) is 0 Å². The minimum Gasteiger partial charge on any atom is -0.497 e. The molecule has 0 aliphatic heterocycles. The highest BCUT2D eigenvalue weighted by Crippen LogP contribution is 2.12. The van der Waals surface area contributed by atoms with Crippen LogP contribution in [0.5, 0.6) is 5.75 Å². The highest BCUT2D eigenvalue weighted by atomic mass is 16.5. The monoisotopic (exact) mass is 209 g/mol. The molecule has 0 saturated heterocycles. The van der Waals surface area contributed by atoms with Gasteiger partial charge in [-0.15, -0.1) is 0 Å². The maximum Gasteiger partial charge on any atom is 0.119 e. The third kappa shape index (κ3) is 4.32. The molecule has 0 fully saturated rings. The zero-order chi connectivity index (χ0) is 11.1. The van der Waals surface area contributed by atoms with Gasteiger partial charge in [-0.05, 0) is 24.6 Å². The van der Waals surface area contributed by atoms with Crippen LogP contribution in [0, 0.1) is 0 Å². The van der Waals surface area contributed by atoms with Gasteiger partial charge in [0.15, 0.2) is 0 Å². The van der Waals surface area contributed by atoms with Crippen molar-refractivity contribution < 1.29 is 9.47 Å². The Morgan fingerprint density at radius 3 is 2.80 bits per heavy atom. The number of hydrogen-bond donors (Lipinski definition) is 1. The lowest BCUT2D eigenvalue weighted by atomic mass is 10.2. The zero-order valence-corrected chi connectivity index (χ0v) is 9.62. The first kappa shape index (κ1) is 12.0. The van der Waals surface area contributed by atoms with Crippen LogP contribution >= 0.6 is 0 Å². The Hall–Kier alpha value is -1.06. The van der Waals surface area contributed by atoms with Crippen LogP contribution in [-0.4, -0.2) is 26.9 Å². The molecule has 1 aromatic carbocycles. The van der Waals surface area contributed by atoms with E-state index in [0.29, 0.717) is 6.04 Å². The van der Waals surface area contributed by atoms with E-state index in [1.807, 2.05) is 18.2 Å². The van der Waals surface area contributed by atoms with Gasteiger partial charge in [0.05, 0.1) is 13.7 Å².